The molecule has 16 rings (SSSR count). The Morgan fingerprint density at radius 1 is 0.375 bits per heavy atom. The summed E-state index contributed by atoms with van der Waals surface area (Å²) in [6.45, 7) is 24.1. The number of amides is 4. The van der Waals surface area contributed by atoms with E-state index < -0.39 is 0 Å². The van der Waals surface area contributed by atoms with Crippen LogP contribution in [0.1, 0.15) is 61.2 Å². The molecule has 23 heteroatoms. The van der Waals surface area contributed by atoms with Gasteiger partial charge in [-0.3, -0.25) is 43.8 Å². The Kier molecular flexibility index (Phi) is 28.4. The van der Waals surface area contributed by atoms with Crippen LogP contribution in [0.25, 0.3) is 0 Å². The number of carbonyl (C=O) groups excluding carboxylic acids is 4. The van der Waals surface area contributed by atoms with Crippen molar-refractivity contribution in [3.8, 4) is 23.0 Å². The summed E-state index contributed by atoms with van der Waals surface area (Å²) in [5.74, 6) is 3.74. The van der Waals surface area contributed by atoms with Crippen LogP contribution < -0.4 is 38.5 Å². The van der Waals surface area contributed by atoms with E-state index >= 15 is 0 Å². The quantitative estimate of drug-likeness (QED) is 0.0702. The van der Waals surface area contributed by atoms with Gasteiger partial charge in [0.1, 0.15) is 73.8 Å². The van der Waals surface area contributed by atoms with Crippen LogP contribution in [0.3, 0.4) is 0 Å². The van der Waals surface area contributed by atoms with Crippen LogP contribution in [0.5, 0.6) is 23.0 Å². The SMILES string of the molecule is CC1Cc2ccccc2N1C(=O)CN1CCO[C@@H](COc2cccc(Cl)c2)C1.CC1Cc2ccccc2N1C(=O)CN1CCO[C@H](COc2cccc(Cl)c2)C1.Cc1ccccc1OC[C@H]1CN(CC(=O)N2c3ccccc3CC2C)CCO1.Cc1ncccc1OC[C@H]1CN(CC(=O)N2c3ccccc3C[C@H]2C)CCO1. The minimum absolute atomic E-state index is 0.0237. The van der Waals surface area contributed by atoms with Gasteiger partial charge in [0.2, 0.25) is 23.6 Å². The number of benzene rings is 7. The molecule has 112 heavy (non-hydrogen) atoms. The van der Waals surface area contributed by atoms with Crippen LogP contribution in [0.4, 0.5) is 22.7 Å². The number of halogens is 2. The van der Waals surface area contributed by atoms with E-state index in [-0.39, 0.29) is 72.2 Å². The van der Waals surface area contributed by atoms with Gasteiger partial charge in [-0.2, -0.15) is 0 Å². The number of nitrogens with zero attached hydrogens (tertiary/aromatic N) is 9. The molecule has 8 aromatic rings. The highest BCUT2D eigenvalue weighted by atomic mass is 35.5. The number of hydrogen-bond acceptors (Lipinski definition) is 17. The molecule has 0 N–H and O–H groups in total. The predicted octanol–water partition coefficient (Wildman–Crippen LogP) is 12.3. The Labute approximate surface area is 669 Å². The van der Waals surface area contributed by atoms with Gasteiger partial charge in [0.25, 0.3) is 0 Å². The fraction of sp³-hybridized carbons (Fsp3) is 0.427. The van der Waals surface area contributed by atoms with E-state index in [9.17, 15) is 19.2 Å². The van der Waals surface area contributed by atoms with Crippen molar-refractivity contribution < 1.29 is 57.1 Å². The molecule has 8 atom stereocenters. The molecule has 0 radical (unpaired) electrons. The maximum atomic E-state index is 13.0. The minimum atomic E-state index is -0.0659. The second-order valence-electron chi connectivity index (χ2n) is 30.2. The Balaban J connectivity index is 0.000000131. The van der Waals surface area contributed by atoms with E-state index in [4.69, 9.17) is 61.1 Å². The van der Waals surface area contributed by atoms with Crippen molar-refractivity contribution in [2.45, 2.75) is 116 Å². The van der Waals surface area contributed by atoms with Crippen molar-refractivity contribution in [2.75, 3.05) is 151 Å². The number of aryl methyl sites for hydroxylation is 2. The zero-order chi connectivity index (χ0) is 78.0. The summed E-state index contributed by atoms with van der Waals surface area (Å²) in [6, 6.07) is 60.1. The predicted molar refractivity (Wildman–Crippen MR) is 438 cm³/mol. The van der Waals surface area contributed by atoms with Crippen LogP contribution in [0.15, 0.2) is 188 Å². The molecule has 0 aliphatic carbocycles. The summed E-state index contributed by atoms with van der Waals surface area (Å²) in [5, 5.41) is 1.30. The lowest BCUT2D eigenvalue weighted by Crippen LogP contribution is -2.50. The first-order valence-electron chi connectivity index (χ1n) is 39.4. The van der Waals surface area contributed by atoms with Crippen LogP contribution in [0.2, 0.25) is 10.0 Å². The Bertz CT molecular complexity index is 4200. The first-order valence-corrected chi connectivity index (χ1v) is 40.1. The molecule has 592 valence electrons. The van der Waals surface area contributed by atoms with Gasteiger partial charge in [-0.1, -0.05) is 126 Å². The van der Waals surface area contributed by atoms with Crippen molar-refractivity contribution >= 4 is 69.6 Å². The molecule has 21 nitrogen and oxygen atoms in total. The summed E-state index contributed by atoms with van der Waals surface area (Å²) in [7, 11) is 0. The molecule has 8 aliphatic rings. The number of carbonyl (C=O) groups is 4. The molecule has 1 aromatic heterocycles. The third kappa shape index (κ3) is 21.5. The summed E-state index contributed by atoms with van der Waals surface area (Å²) in [4.78, 5) is 72.8. The molecule has 0 saturated carbocycles. The standard InChI is InChI=1S/C23H28N2O3.2C22H25ClN2O3.C22H27N3O3/c1-17-7-3-6-10-22(17)28-16-20-14-24(11-12-27-20)15-23(26)25-18(2)13-19-8-4-5-9-21(19)25;2*1-16-11-17-5-2-3-8-21(17)25(16)22(26)14-24-9-10-27-20(13-24)15-28-19-7-4-6-18(23)12-19;1-16-12-18-6-3-4-7-20(18)25(16)22(26)14-24-10-11-27-19(13-24)15-28-21-8-5-9-23-17(21)2/h3-10,18,20H,11-16H2,1-2H3;2*2-8,12,16,20H,9-11,13-15H2,1H3;3-9,16,19H,10-15H2,1-2H3/t18?,20-;2*16?,20-;16-,19-/m1101/s1. The topological polar surface area (TPSA) is 181 Å². The molecule has 0 bridgehead atoms. The summed E-state index contributed by atoms with van der Waals surface area (Å²) in [6.07, 6.45) is 5.23. The Morgan fingerprint density at radius 3 is 1.01 bits per heavy atom. The van der Waals surface area contributed by atoms with Crippen molar-refractivity contribution in [3.63, 3.8) is 0 Å². The number of fused-ring (bicyclic) bond motifs is 4. The van der Waals surface area contributed by atoms with E-state index in [1.807, 2.05) is 173 Å². The van der Waals surface area contributed by atoms with E-state index in [2.05, 4.69) is 82.6 Å². The molecule has 3 unspecified atom stereocenters. The number of aromatic nitrogens is 1. The lowest BCUT2D eigenvalue weighted by atomic mass is 10.1. The van der Waals surface area contributed by atoms with Gasteiger partial charge in [0, 0.05) is 116 Å². The van der Waals surface area contributed by atoms with Gasteiger partial charge in [0.05, 0.1) is 58.3 Å². The van der Waals surface area contributed by atoms with Crippen molar-refractivity contribution in [1.29, 1.82) is 0 Å². The lowest BCUT2D eigenvalue weighted by Gasteiger charge is -2.34. The first kappa shape index (κ1) is 81.1. The number of hydrogen-bond donors (Lipinski definition) is 0. The van der Waals surface area contributed by atoms with E-state index in [0.29, 0.717) is 115 Å². The maximum Gasteiger partial charge on any atom is 0.241 e. The van der Waals surface area contributed by atoms with Crippen molar-refractivity contribution in [2.24, 2.45) is 0 Å². The fourth-order valence-electron chi connectivity index (χ4n) is 16.1. The molecule has 0 spiro atoms. The van der Waals surface area contributed by atoms with Crippen LogP contribution >= 0.6 is 23.2 Å². The van der Waals surface area contributed by atoms with Gasteiger partial charge in [-0.25, -0.2) is 0 Å². The average Bonchev–Trinajstić information content (AvgIpc) is 1.67. The number of rotatable bonds is 20. The van der Waals surface area contributed by atoms with Gasteiger partial charge < -0.3 is 57.5 Å². The molecule has 4 saturated heterocycles. The number of ether oxygens (including phenoxy) is 8. The van der Waals surface area contributed by atoms with E-state index in [1.165, 1.54) is 22.3 Å². The average molecular weight is 1560 g/mol. The molecule has 4 fully saturated rings. The Hall–Kier alpha value is -8.97. The highest BCUT2D eigenvalue weighted by Crippen LogP contribution is 2.37. The molecular formula is C89H105Cl2N9O12. The largest absolute Gasteiger partial charge is 0.491 e. The summed E-state index contributed by atoms with van der Waals surface area (Å²) >= 11 is 12.0. The number of morpholine rings is 4. The zero-order valence-corrected chi connectivity index (χ0v) is 66.7. The summed E-state index contributed by atoms with van der Waals surface area (Å²) in [5.41, 5.74) is 11.2. The maximum absolute atomic E-state index is 13.0. The van der Waals surface area contributed by atoms with Gasteiger partial charge >= 0.3 is 0 Å². The highest BCUT2D eigenvalue weighted by Gasteiger charge is 2.38. The smallest absolute Gasteiger partial charge is 0.241 e. The molecule has 4 amide bonds. The van der Waals surface area contributed by atoms with Crippen LogP contribution in [-0.4, -0.2) is 228 Å². The van der Waals surface area contributed by atoms with E-state index in [1.54, 1.807) is 18.3 Å². The fourth-order valence-corrected chi connectivity index (χ4v) is 16.5. The second kappa shape index (κ2) is 39.2. The molecule has 8 aliphatic heterocycles. The number of anilines is 4. The number of para-hydroxylation sites is 5. The lowest BCUT2D eigenvalue weighted by molar-refractivity contribution is -0.123. The highest BCUT2D eigenvalue weighted by molar-refractivity contribution is 6.31. The molecule has 9 heterocycles. The minimum Gasteiger partial charge on any atom is -0.491 e. The van der Waals surface area contributed by atoms with Crippen LogP contribution in [-0.2, 0) is 63.8 Å². The van der Waals surface area contributed by atoms with Gasteiger partial charge in [-0.05, 0) is 174 Å². The summed E-state index contributed by atoms with van der Waals surface area (Å²) < 4.78 is 46.8. The second-order valence-corrected chi connectivity index (χ2v) is 31.1. The van der Waals surface area contributed by atoms with Crippen molar-refractivity contribution in [3.05, 3.63) is 232 Å². The van der Waals surface area contributed by atoms with Gasteiger partial charge in [-0.15, -0.1) is 0 Å². The monoisotopic (exact) mass is 1560 g/mol. The van der Waals surface area contributed by atoms with Gasteiger partial charge in [0.15, 0.2) is 0 Å². The first-order chi connectivity index (χ1) is 54.4. The zero-order valence-electron chi connectivity index (χ0n) is 65.2. The number of pyridine rings is 1. The normalized spacial score (nSPS) is 22.1. The molecule has 7 aromatic carbocycles. The third-order valence-corrected chi connectivity index (χ3v) is 22.1. The van der Waals surface area contributed by atoms with Crippen LogP contribution in [0, 0.1) is 13.8 Å². The van der Waals surface area contributed by atoms with Crippen molar-refractivity contribution in [1.82, 2.24) is 24.6 Å². The third-order valence-electron chi connectivity index (χ3n) is 21.6. The molecular weight excluding hydrogens is 1460 g/mol. The Morgan fingerprint density at radius 2 is 0.679 bits per heavy atom. The van der Waals surface area contributed by atoms with E-state index in [0.717, 1.165) is 109 Å².